The van der Waals surface area contributed by atoms with E-state index >= 15 is 0 Å². The average molecular weight is 356 g/mol. The number of hydrazone groups is 1. The van der Waals surface area contributed by atoms with Crippen molar-refractivity contribution in [3.05, 3.63) is 53.6 Å². The van der Waals surface area contributed by atoms with E-state index in [1.165, 1.54) is 6.92 Å². The van der Waals surface area contributed by atoms with Crippen LogP contribution in [-0.4, -0.2) is 31.9 Å². The van der Waals surface area contributed by atoms with E-state index < -0.39 is 0 Å². The molecule has 0 fully saturated rings. The molecular formula is C20H24N2O4. The summed E-state index contributed by atoms with van der Waals surface area (Å²) in [4.78, 5) is 10.8. The standard InChI is InChI=1S/C20H24N2O4/c1-4-24-20-13-17(14-21-22-16(3)23)8-9-19(20)26-11-10-25-18-7-5-6-15(2)12-18/h5-9,12-14H,4,10-11H2,1-3H3,(H,22,23)/b21-14-. The predicted molar refractivity (Wildman–Crippen MR) is 101 cm³/mol. The van der Waals surface area contributed by atoms with Crippen LogP contribution in [-0.2, 0) is 4.79 Å². The van der Waals surface area contributed by atoms with Crippen molar-refractivity contribution < 1.29 is 19.0 Å². The number of rotatable bonds is 9. The van der Waals surface area contributed by atoms with E-state index in [0.717, 1.165) is 16.9 Å². The van der Waals surface area contributed by atoms with Gasteiger partial charge in [-0.1, -0.05) is 12.1 Å². The van der Waals surface area contributed by atoms with Crippen LogP contribution in [0, 0.1) is 6.92 Å². The fourth-order valence-corrected chi connectivity index (χ4v) is 2.21. The zero-order valence-corrected chi connectivity index (χ0v) is 15.3. The summed E-state index contributed by atoms with van der Waals surface area (Å²) >= 11 is 0. The zero-order valence-electron chi connectivity index (χ0n) is 15.3. The van der Waals surface area contributed by atoms with Crippen molar-refractivity contribution in [1.82, 2.24) is 5.43 Å². The zero-order chi connectivity index (χ0) is 18.8. The van der Waals surface area contributed by atoms with Gasteiger partial charge in [-0.05, 0) is 55.3 Å². The number of benzene rings is 2. The third-order valence-corrected chi connectivity index (χ3v) is 3.30. The van der Waals surface area contributed by atoms with E-state index in [-0.39, 0.29) is 5.91 Å². The Kier molecular flexibility index (Phi) is 7.49. The van der Waals surface area contributed by atoms with Gasteiger partial charge in [-0.15, -0.1) is 0 Å². The van der Waals surface area contributed by atoms with Gasteiger partial charge in [-0.3, -0.25) is 4.79 Å². The number of amides is 1. The van der Waals surface area contributed by atoms with Crippen LogP contribution in [0.25, 0.3) is 0 Å². The second kappa shape index (κ2) is 10.1. The summed E-state index contributed by atoms with van der Waals surface area (Å²) in [5.74, 6) is 1.86. The molecule has 6 heteroatoms. The molecule has 1 amide bonds. The lowest BCUT2D eigenvalue weighted by molar-refractivity contribution is -0.118. The number of nitrogens with one attached hydrogen (secondary N) is 1. The number of hydrogen-bond acceptors (Lipinski definition) is 5. The van der Waals surface area contributed by atoms with E-state index in [1.807, 2.05) is 56.3 Å². The molecule has 0 bridgehead atoms. The van der Waals surface area contributed by atoms with Crippen molar-refractivity contribution >= 4 is 12.1 Å². The number of ether oxygens (including phenoxy) is 3. The summed E-state index contributed by atoms with van der Waals surface area (Å²) in [5.41, 5.74) is 4.31. The molecule has 0 heterocycles. The lowest BCUT2D eigenvalue weighted by Gasteiger charge is -2.13. The molecule has 0 aliphatic carbocycles. The summed E-state index contributed by atoms with van der Waals surface area (Å²) in [6.07, 6.45) is 1.55. The van der Waals surface area contributed by atoms with Crippen molar-refractivity contribution in [2.75, 3.05) is 19.8 Å². The molecule has 0 saturated carbocycles. The first kappa shape index (κ1) is 19.3. The molecule has 138 valence electrons. The molecule has 0 atom stereocenters. The Labute approximate surface area is 153 Å². The van der Waals surface area contributed by atoms with Crippen LogP contribution < -0.4 is 19.6 Å². The van der Waals surface area contributed by atoms with Gasteiger partial charge >= 0.3 is 0 Å². The quantitative estimate of drug-likeness (QED) is 0.425. The summed E-state index contributed by atoms with van der Waals surface area (Å²) in [5, 5.41) is 3.85. The Morgan fingerprint density at radius 3 is 2.62 bits per heavy atom. The molecule has 6 nitrogen and oxygen atoms in total. The third kappa shape index (κ3) is 6.47. The highest BCUT2D eigenvalue weighted by molar-refractivity contribution is 5.82. The van der Waals surface area contributed by atoms with Crippen molar-refractivity contribution in [2.24, 2.45) is 5.10 Å². The van der Waals surface area contributed by atoms with Crippen LogP contribution in [0.2, 0.25) is 0 Å². The fourth-order valence-electron chi connectivity index (χ4n) is 2.21. The Hall–Kier alpha value is -3.02. The van der Waals surface area contributed by atoms with Gasteiger partial charge in [0.15, 0.2) is 11.5 Å². The maximum absolute atomic E-state index is 10.8. The molecule has 0 spiro atoms. The van der Waals surface area contributed by atoms with Crippen LogP contribution in [0.4, 0.5) is 0 Å². The highest BCUT2D eigenvalue weighted by atomic mass is 16.5. The van der Waals surface area contributed by atoms with Crippen molar-refractivity contribution in [1.29, 1.82) is 0 Å². The number of nitrogens with zero attached hydrogens (tertiary/aromatic N) is 1. The van der Waals surface area contributed by atoms with Crippen molar-refractivity contribution in [2.45, 2.75) is 20.8 Å². The van der Waals surface area contributed by atoms with Crippen molar-refractivity contribution in [3.8, 4) is 17.2 Å². The summed E-state index contributed by atoms with van der Waals surface area (Å²) in [6.45, 7) is 6.67. The van der Waals surface area contributed by atoms with Gasteiger partial charge in [0.05, 0.1) is 12.8 Å². The number of hydrogen-bond donors (Lipinski definition) is 1. The first-order valence-electron chi connectivity index (χ1n) is 8.47. The SMILES string of the molecule is CCOc1cc(/C=N\NC(C)=O)ccc1OCCOc1cccc(C)c1. The van der Waals surface area contributed by atoms with E-state index in [4.69, 9.17) is 14.2 Å². The second-order valence-electron chi connectivity index (χ2n) is 5.58. The van der Waals surface area contributed by atoms with Crippen LogP contribution in [0.3, 0.4) is 0 Å². The minimum Gasteiger partial charge on any atom is -0.490 e. The van der Waals surface area contributed by atoms with Gasteiger partial charge in [0, 0.05) is 6.92 Å². The highest BCUT2D eigenvalue weighted by Crippen LogP contribution is 2.28. The van der Waals surface area contributed by atoms with E-state index in [2.05, 4.69) is 10.5 Å². The minimum absolute atomic E-state index is 0.222. The van der Waals surface area contributed by atoms with Gasteiger partial charge in [0.25, 0.3) is 0 Å². The molecule has 1 N–H and O–H groups in total. The Bertz CT molecular complexity index is 759. The molecule has 0 radical (unpaired) electrons. The predicted octanol–water partition coefficient (Wildman–Crippen LogP) is 3.32. The normalized spacial score (nSPS) is 10.6. The van der Waals surface area contributed by atoms with Crippen LogP contribution in [0.15, 0.2) is 47.6 Å². The molecule has 0 saturated heterocycles. The maximum atomic E-state index is 10.8. The Morgan fingerprint density at radius 2 is 1.88 bits per heavy atom. The van der Waals surface area contributed by atoms with Gasteiger partial charge in [0.1, 0.15) is 19.0 Å². The largest absolute Gasteiger partial charge is 0.490 e. The number of carbonyl (C=O) groups excluding carboxylic acids is 1. The smallest absolute Gasteiger partial charge is 0.236 e. The Morgan fingerprint density at radius 1 is 1.08 bits per heavy atom. The summed E-state index contributed by atoms with van der Waals surface area (Å²) < 4.78 is 17.1. The first-order chi connectivity index (χ1) is 12.6. The van der Waals surface area contributed by atoms with E-state index in [9.17, 15) is 4.79 Å². The third-order valence-electron chi connectivity index (χ3n) is 3.30. The van der Waals surface area contributed by atoms with E-state index in [1.54, 1.807) is 6.21 Å². The lowest BCUT2D eigenvalue weighted by atomic mass is 10.2. The fraction of sp³-hybridized carbons (Fsp3) is 0.300. The van der Waals surface area contributed by atoms with Crippen molar-refractivity contribution in [3.63, 3.8) is 0 Å². The maximum Gasteiger partial charge on any atom is 0.236 e. The topological polar surface area (TPSA) is 69.2 Å². The number of aryl methyl sites for hydroxylation is 1. The molecule has 26 heavy (non-hydrogen) atoms. The summed E-state index contributed by atoms with van der Waals surface area (Å²) in [6, 6.07) is 13.3. The Balaban J connectivity index is 1.92. The van der Waals surface area contributed by atoms with Crippen LogP contribution in [0.1, 0.15) is 25.0 Å². The molecule has 2 rings (SSSR count). The molecule has 0 aromatic heterocycles. The molecule has 2 aromatic carbocycles. The van der Waals surface area contributed by atoms with Crippen LogP contribution >= 0.6 is 0 Å². The lowest BCUT2D eigenvalue weighted by Crippen LogP contribution is -2.12. The van der Waals surface area contributed by atoms with Gasteiger partial charge in [0.2, 0.25) is 5.91 Å². The minimum atomic E-state index is -0.222. The van der Waals surface area contributed by atoms with Gasteiger partial charge in [-0.2, -0.15) is 5.10 Å². The second-order valence-corrected chi connectivity index (χ2v) is 5.58. The van der Waals surface area contributed by atoms with E-state index in [0.29, 0.717) is 31.3 Å². The van der Waals surface area contributed by atoms with Gasteiger partial charge < -0.3 is 14.2 Å². The molecule has 0 aliphatic heterocycles. The van der Waals surface area contributed by atoms with Crippen LogP contribution in [0.5, 0.6) is 17.2 Å². The monoisotopic (exact) mass is 356 g/mol. The molecule has 0 aliphatic rings. The van der Waals surface area contributed by atoms with Gasteiger partial charge in [-0.25, -0.2) is 5.43 Å². The first-order valence-corrected chi connectivity index (χ1v) is 8.47. The number of carbonyl (C=O) groups is 1. The highest BCUT2D eigenvalue weighted by Gasteiger charge is 2.06. The molecular weight excluding hydrogens is 332 g/mol. The summed E-state index contributed by atoms with van der Waals surface area (Å²) in [7, 11) is 0. The molecule has 0 unspecified atom stereocenters. The molecule has 2 aromatic rings. The average Bonchev–Trinajstić information content (AvgIpc) is 2.60.